The van der Waals surface area contributed by atoms with Crippen LogP contribution in [0.5, 0.6) is 5.75 Å². The van der Waals surface area contributed by atoms with E-state index in [2.05, 4.69) is 11.1 Å². The Hall–Kier alpha value is -1.58. The summed E-state index contributed by atoms with van der Waals surface area (Å²) in [7, 11) is 1.64. The molecule has 0 radical (unpaired) electrons. The van der Waals surface area contributed by atoms with Crippen LogP contribution in [0, 0.1) is 0 Å². The molecular formula is C15H15ClN2O. The first-order valence-corrected chi connectivity index (χ1v) is 6.62. The molecule has 0 spiro atoms. The molecule has 0 amide bonds. The van der Waals surface area contributed by atoms with Crippen molar-refractivity contribution in [3.8, 4) is 17.0 Å². The lowest BCUT2D eigenvalue weighted by Crippen LogP contribution is -2.01. The molecular weight excluding hydrogens is 260 g/mol. The molecule has 0 saturated heterocycles. The van der Waals surface area contributed by atoms with Crippen LogP contribution in [0.15, 0.2) is 36.5 Å². The van der Waals surface area contributed by atoms with E-state index in [9.17, 15) is 0 Å². The minimum atomic E-state index is 0.299. The van der Waals surface area contributed by atoms with Gasteiger partial charge in [0.1, 0.15) is 5.75 Å². The summed E-state index contributed by atoms with van der Waals surface area (Å²) in [6, 6.07) is 9.92. The summed E-state index contributed by atoms with van der Waals surface area (Å²) in [5.74, 6) is 1.25. The van der Waals surface area contributed by atoms with Crippen LogP contribution in [0.4, 0.5) is 0 Å². The van der Waals surface area contributed by atoms with Gasteiger partial charge in [0.05, 0.1) is 17.8 Å². The van der Waals surface area contributed by atoms with Crippen LogP contribution in [-0.2, 0) is 0 Å². The van der Waals surface area contributed by atoms with E-state index in [1.807, 2.05) is 30.5 Å². The normalized spacial score (nSPS) is 21.2. The Bertz CT molecular complexity index is 598. The molecule has 3 nitrogen and oxygen atoms in total. The number of halogens is 1. The zero-order valence-corrected chi connectivity index (χ0v) is 11.4. The maximum absolute atomic E-state index is 6.21. The number of rotatable bonds is 3. The second-order valence-electron chi connectivity index (χ2n) is 4.83. The third-order valence-corrected chi connectivity index (χ3v) is 3.83. The van der Waals surface area contributed by atoms with E-state index in [4.69, 9.17) is 22.1 Å². The SMILES string of the molecule is COc1ccc(Cl)c(-c2ccc(C3CC3N)cn2)c1. The summed E-state index contributed by atoms with van der Waals surface area (Å²) in [6.07, 6.45) is 2.95. The van der Waals surface area contributed by atoms with Crippen LogP contribution >= 0.6 is 11.6 Å². The quantitative estimate of drug-likeness (QED) is 0.935. The van der Waals surface area contributed by atoms with Gasteiger partial charge in [0.15, 0.2) is 0 Å². The fraction of sp³-hybridized carbons (Fsp3) is 0.267. The van der Waals surface area contributed by atoms with Gasteiger partial charge in [-0.1, -0.05) is 17.7 Å². The molecule has 0 aliphatic heterocycles. The average molecular weight is 275 g/mol. The molecule has 2 atom stereocenters. The Balaban J connectivity index is 1.93. The van der Waals surface area contributed by atoms with Crippen LogP contribution in [0.25, 0.3) is 11.3 Å². The molecule has 98 valence electrons. The third kappa shape index (κ3) is 2.44. The summed E-state index contributed by atoms with van der Waals surface area (Å²) in [6.45, 7) is 0. The highest BCUT2D eigenvalue weighted by atomic mass is 35.5. The van der Waals surface area contributed by atoms with Gasteiger partial charge in [-0.15, -0.1) is 0 Å². The zero-order valence-electron chi connectivity index (χ0n) is 10.6. The number of hydrogen-bond donors (Lipinski definition) is 1. The van der Waals surface area contributed by atoms with E-state index in [1.54, 1.807) is 7.11 Å². The van der Waals surface area contributed by atoms with Crippen molar-refractivity contribution in [2.24, 2.45) is 5.73 Å². The number of ether oxygens (including phenoxy) is 1. The van der Waals surface area contributed by atoms with Gasteiger partial charge in [0.2, 0.25) is 0 Å². The largest absolute Gasteiger partial charge is 0.497 e. The van der Waals surface area contributed by atoms with Gasteiger partial charge in [0.25, 0.3) is 0 Å². The van der Waals surface area contributed by atoms with Crippen molar-refractivity contribution in [3.63, 3.8) is 0 Å². The fourth-order valence-corrected chi connectivity index (χ4v) is 2.42. The van der Waals surface area contributed by atoms with E-state index in [-0.39, 0.29) is 0 Å². The lowest BCUT2D eigenvalue weighted by molar-refractivity contribution is 0.415. The molecule has 0 bridgehead atoms. The molecule has 2 unspecified atom stereocenters. The molecule has 1 fully saturated rings. The predicted molar refractivity (Wildman–Crippen MR) is 76.6 cm³/mol. The van der Waals surface area contributed by atoms with Crippen molar-refractivity contribution >= 4 is 11.6 Å². The Morgan fingerprint density at radius 3 is 2.68 bits per heavy atom. The smallest absolute Gasteiger partial charge is 0.119 e. The highest BCUT2D eigenvalue weighted by molar-refractivity contribution is 6.33. The molecule has 1 aliphatic rings. The van der Waals surface area contributed by atoms with Gasteiger partial charge in [-0.05, 0) is 36.2 Å². The van der Waals surface area contributed by atoms with E-state index >= 15 is 0 Å². The lowest BCUT2D eigenvalue weighted by Gasteiger charge is -2.07. The molecule has 2 N–H and O–H groups in total. The number of aromatic nitrogens is 1. The highest BCUT2D eigenvalue weighted by Crippen LogP contribution is 2.39. The summed E-state index contributed by atoms with van der Waals surface area (Å²) in [5, 5.41) is 0.671. The standard InChI is InChI=1S/C15H15ClN2O/c1-19-10-3-4-13(16)12(6-10)15-5-2-9(8-18-15)11-7-14(11)17/h2-6,8,11,14H,7,17H2,1H3. The Kier molecular flexibility index (Phi) is 3.17. The van der Waals surface area contributed by atoms with Gasteiger partial charge in [-0.25, -0.2) is 0 Å². The van der Waals surface area contributed by atoms with Gasteiger partial charge in [0, 0.05) is 23.7 Å². The second kappa shape index (κ2) is 4.83. The summed E-state index contributed by atoms with van der Waals surface area (Å²) in [4.78, 5) is 4.49. The van der Waals surface area contributed by atoms with Crippen molar-refractivity contribution < 1.29 is 4.74 Å². The van der Waals surface area contributed by atoms with Crippen LogP contribution in [0.3, 0.4) is 0 Å². The maximum Gasteiger partial charge on any atom is 0.119 e. The molecule has 1 saturated carbocycles. The lowest BCUT2D eigenvalue weighted by atomic mass is 10.1. The average Bonchev–Trinajstić information content (AvgIpc) is 3.17. The molecule has 1 aromatic carbocycles. The monoisotopic (exact) mass is 274 g/mol. The summed E-state index contributed by atoms with van der Waals surface area (Å²) < 4.78 is 5.21. The van der Waals surface area contributed by atoms with E-state index in [0.717, 1.165) is 23.4 Å². The van der Waals surface area contributed by atoms with Crippen molar-refractivity contribution in [1.82, 2.24) is 4.98 Å². The summed E-state index contributed by atoms with van der Waals surface area (Å²) >= 11 is 6.21. The van der Waals surface area contributed by atoms with E-state index in [0.29, 0.717) is 17.0 Å². The van der Waals surface area contributed by atoms with Crippen molar-refractivity contribution in [3.05, 3.63) is 47.1 Å². The molecule has 4 heteroatoms. The van der Waals surface area contributed by atoms with Crippen LogP contribution in [0.2, 0.25) is 5.02 Å². The minimum Gasteiger partial charge on any atom is -0.497 e. The minimum absolute atomic E-state index is 0.299. The molecule has 3 rings (SSSR count). The Labute approximate surface area is 117 Å². The first-order valence-electron chi connectivity index (χ1n) is 6.24. The Morgan fingerprint density at radius 2 is 2.11 bits per heavy atom. The first kappa shape index (κ1) is 12.5. The zero-order chi connectivity index (χ0) is 13.4. The number of nitrogens with two attached hydrogens (primary N) is 1. The first-order chi connectivity index (χ1) is 9.19. The Morgan fingerprint density at radius 1 is 1.32 bits per heavy atom. The predicted octanol–water partition coefficient (Wildman–Crippen LogP) is 3.23. The molecule has 1 aliphatic carbocycles. The van der Waals surface area contributed by atoms with Crippen LogP contribution < -0.4 is 10.5 Å². The number of methoxy groups -OCH3 is 1. The van der Waals surface area contributed by atoms with Crippen LogP contribution in [0.1, 0.15) is 17.9 Å². The van der Waals surface area contributed by atoms with E-state index in [1.165, 1.54) is 5.56 Å². The van der Waals surface area contributed by atoms with Gasteiger partial charge in [-0.2, -0.15) is 0 Å². The summed E-state index contributed by atoms with van der Waals surface area (Å²) in [5.41, 5.74) is 8.78. The van der Waals surface area contributed by atoms with Gasteiger partial charge >= 0.3 is 0 Å². The number of nitrogens with zero attached hydrogens (tertiary/aromatic N) is 1. The van der Waals surface area contributed by atoms with Gasteiger partial charge in [-0.3, -0.25) is 4.98 Å². The number of hydrogen-bond acceptors (Lipinski definition) is 3. The van der Waals surface area contributed by atoms with Crippen LogP contribution in [-0.4, -0.2) is 18.1 Å². The number of benzene rings is 1. The highest BCUT2D eigenvalue weighted by Gasteiger charge is 2.34. The van der Waals surface area contributed by atoms with Crippen molar-refractivity contribution in [1.29, 1.82) is 0 Å². The van der Waals surface area contributed by atoms with E-state index < -0.39 is 0 Å². The topological polar surface area (TPSA) is 48.1 Å². The molecule has 19 heavy (non-hydrogen) atoms. The van der Waals surface area contributed by atoms with Crippen molar-refractivity contribution in [2.75, 3.05) is 7.11 Å². The van der Waals surface area contributed by atoms with Gasteiger partial charge < -0.3 is 10.5 Å². The van der Waals surface area contributed by atoms with Crippen molar-refractivity contribution in [2.45, 2.75) is 18.4 Å². The molecule has 1 aromatic heterocycles. The third-order valence-electron chi connectivity index (χ3n) is 3.50. The second-order valence-corrected chi connectivity index (χ2v) is 5.24. The molecule has 1 heterocycles. The number of pyridine rings is 1. The molecule has 2 aromatic rings. The fourth-order valence-electron chi connectivity index (χ4n) is 2.21. The maximum atomic E-state index is 6.21.